The van der Waals surface area contributed by atoms with Gasteiger partial charge in [-0.1, -0.05) is 30.1 Å². The lowest BCUT2D eigenvalue weighted by Crippen LogP contribution is -2.47. The molecule has 0 aliphatic carbocycles. The van der Waals surface area contributed by atoms with Crippen LogP contribution < -0.4 is 10.6 Å². The van der Waals surface area contributed by atoms with Gasteiger partial charge in [-0.2, -0.15) is 5.26 Å². The SMILES string of the molecule is Cc1nc(N2CCC(C)(C(C)N)CC2)c(CO)nc1-c1cc(C#N)cc(Cl)c1Cl. The minimum Gasteiger partial charge on any atom is -0.390 e. The van der Waals surface area contributed by atoms with Gasteiger partial charge in [-0.3, -0.25) is 0 Å². The fourth-order valence-electron chi connectivity index (χ4n) is 3.67. The number of piperidine rings is 1. The predicted molar refractivity (Wildman–Crippen MR) is 116 cm³/mol. The highest BCUT2D eigenvalue weighted by Crippen LogP contribution is 2.38. The molecule has 1 fully saturated rings. The van der Waals surface area contributed by atoms with Gasteiger partial charge in [0, 0.05) is 24.7 Å². The largest absolute Gasteiger partial charge is 0.390 e. The fourth-order valence-corrected chi connectivity index (χ4v) is 4.09. The Morgan fingerprint density at radius 1 is 1.31 bits per heavy atom. The maximum atomic E-state index is 9.97. The summed E-state index contributed by atoms with van der Waals surface area (Å²) in [5, 5.41) is 19.8. The van der Waals surface area contributed by atoms with Gasteiger partial charge < -0.3 is 15.7 Å². The molecule has 3 N–H and O–H groups in total. The summed E-state index contributed by atoms with van der Waals surface area (Å²) in [6, 6.07) is 5.35. The number of aliphatic hydroxyl groups is 1. The van der Waals surface area contributed by atoms with E-state index in [1.165, 1.54) is 6.07 Å². The van der Waals surface area contributed by atoms with Crippen LogP contribution in [0.15, 0.2) is 12.1 Å². The molecule has 0 saturated carbocycles. The monoisotopic (exact) mass is 433 g/mol. The molecular weight excluding hydrogens is 409 g/mol. The van der Waals surface area contributed by atoms with Crippen molar-refractivity contribution < 1.29 is 5.11 Å². The molecule has 6 nitrogen and oxygen atoms in total. The molecule has 0 spiro atoms. The number of hydrogen-bond donors (Lipinski definition) is 2. The Morgan fingerprint density at radius 2 is 1.97 bits per heavy atom. The van der Waals surface area contributed by atoms with Crippen LogP contribution in [0.3, 0.4) is 0 Å². The predicted octanol–water partition coefficient (Wildman–Crippen LogP) is 4.08. The zero-order valence-electron chi connectivity index (χ0n) is 16.8. The number of hydrogen-bond acceptors (Lipinski definition) is 6. The molecule has 2 aromatic rings. The zero-order chi connectivity index (χ0) is 21.3. The van der Waals surface area contributed by atoms with E-state index >= 15 is 0 Å². The van der Waals surface area contributed by atoms with Crippen LogP contribution in [0.2, 0.25) is 10.0 Å². The lowest BCUT2D eigenvalue weighted by molar-refractivity contribution is 0.204. The molecule has 154 valence electrons. The van der Waals surface area contributed by atoms with E-state index in [9.17, 15) is 10.4 Å². The molecule has 1 aliphatic rings. The Labute approximate surface area is 181 Å². The summed E-state index contributed by atoms with van der Waals surface area (Å²) in [5.41, 5.74) is 8.83. The van der Waals surface area contributed by atoms with Crippen LogP contribution in [0, 0.1) is 23.7 Å². The van der Waals surface area contributed by atoms with E-state index in [4.69, 9.17) is 33.9 Å². The third-order valence-electron chi connectivity index (χ3n) is 5.99. The average molecular weight is 434 g/mol. The molecule has 0 bridgehead atoms. The average Bonchev–Trinajstić information content (AvgIpc) is 2.70. The van der Waals surface area contributed by atoms with Crippen molar-refractivity contribution in [2.24, 2.45) is 11.1 Å². The normalized spacial score (nSPS) is 17.1. The number of nitrogens with two attached hydrogens (primary N) is 1. The number of aliphatic hydroxyl groups excluding tert-OH is 1. The maximum absolute atomic E-state index is 9.97. The van der Waals surface area contributed by atoms with E-state index in [1.807, 2.05) is 6.92 Å². The Morgan fingerprint density at radius 3 is 2.52 bits per heavy atom. The number of nitrogens with zero attached hydrogens (tertiary/aromatic N) is 4. The third kappa shape index (κ3) is 4.19. The first-order valence-electron chi connectivity index (χ1n) is 9.58. The summed E-state index contributed by atoms with van der Waals surface area (Å²) in [6.45, 7) is 7.46. The molecule has 1 saturated heterocycles. The van der Waals surface area contributed by atoms with Crippen LogP contribution >= 0.6 is 23.2 Å². The standard InChI is InChI=1S/C21H25Cl2N5O/c1-12-19(15-8-14(10-24)9-16(22)18(15)23)27-17(11-29)20(26-12)28-6-4-21(3,5-7-28)13(2)25/h8-9,13,29H,4-7,11,25H2,1-3H3. The number of aryl methyl sites for hydroxylation is 1. The Balaban J connectivity index is 2.00. The van der Waals surface area contributed by atoms with Gasteiger partial charge in [-0.15, -0.1) is 0 Å². The van der Waals surface area contributed by atoms with E-state index in [0.29, 0.717) is 39.0 Å². The van der Waals surface area contributed by atoms with Gasteiger partial charge in [0.05, 0.1) is 39.7 Å². The molecule has 1 unspecified atom stereocenters. The molecule has 1 aromatic carbocycles. The first-order valence-corrected chi connectivity index (χ1v) is 10.3. The summed E-state index contributed by atoms with van der Waals surface area (Å²) in [7, 11) is 0. The van der Waals surface area contributed by atoms with Crippen molar-refractivity contribution in [3.63, 3.8) is 0 Å². The van der Waals surface area contributed by atoms with Gasteiger partial charge in [0.15, 0.2) is 5.82 Å². The molecule has 1 atom stereocenters. The van der Waals surface area contributed by atoms with E-state index < -0.39 is 0 Å². The lowest BCUT2D eigenvalue weighted by Gasteiger charge is -2.42. The summed E-state index contributed by atoms with van der Waals surface area (Å²) in [4.78, 5) is 11.6. The highest BCUT2D eigenvalue weighted by Gasteiger charge is 2.34. The summed E-state index contributed by atoms with van der Waals surface area (Å²) in [5.74, 6) is 0.680. The number of anilines is 1. The molecule has 29 heavy (non-hydrogen) atoms. The highest BCUT2D eigenvalue weighted by molar-refractivity contribution is 6.43. The molecule has 1 aromatic heterocycles. The first kappa shape index (κ1) is 21.8. The second-order valence-electron chi connectivity index (χ2n) is 7.95. The van der Waals surface area contributed by atoms with E-state index in [2.05, 4.69) is 29.8 Å². The summed E-state index contributed by atoms with van der Waals surface area (Å²) in [6.07, 6.45) is 1.90. The molecular formula is C21H25Cl2N5O. The third-order valence-corrected chi connectivity index (χ3v) is 6.79. The molecule has 0 radical (unpaired) electrons. The van der Waals surface area contributed by atoms with Crippen molar-refractivity contribution in [3.05, 3.63) is 39.1 Å². The van der Waals surface area contributed by atoms with Crippen molar-refractivity contribution in [1.29, 1.82) is 5.26 Å². The lowest BCUT2D eigenvalue weighted by atomic mass is 9.75. The quantitative estimate of drug-likeness (QED) is 0.753. The minimum atomic E-state index is -0.250. The van der Waals surface area contributed by atoms with Gasteiger partial charge in [-0.05, 0) is 44.2 Å². The smallest absolute Gasteiger partial charge is 0.153 e. The molecule has 3 rings (SSSR count). The highest BCUT2D eigenvalue weighted by atomic mass is 35.5. The summed E-state index contributed by atoms with van der Waals surface area (Å²) >= 11 is 12.6. The van der Waals surface area contributed by atoms with E-state index in [1.54, 1.807) is 6.07 Å². The number of benzene rings is 1. The minimum absolute atomic E-state index is 0.0975. The van der Waals surface area contributed by atoms with Gasteiger partial charge in [-0.25, -0.2) is 9.97 Å². The number of rotatable bonds is 4. The van der Waals surface area contributed by atoms with Gasteiger partial charge >= 0.3 is 0 Å². The zero-order valence-corrected chi connectivity index (χ0v) is 18.3. The number of aromatic nitrogens is 2. The van der Waals surface area contributed by atoms with Crippen LogP contribution in [-0.2, 0) is 6.61 Å². The fraction of sp³-hybridized carbons (Fsp3) is 0.476. The topological polar surface area (TPSA) is 99.1 Å². The van der Waals surface area contributed by atoms with Crippen molar-refractivity contribution in [2.75, 3.05) is 18.0 Å². The van der Waals surface area contributed by atoms with Crippen molar-refractivity contribution in [2.45, 2.75) is 46.3 Å². The molecule has 8 heteroatoms. The Hall–Kier alpha value is -1.91. The molecule has 0 amide bonds. The first-order chi connectivity index (χ1) is 13.7. The van der Waals surface area contributed by atoms with Crippen LogP contribution in [-0.4, -0.2) is 34.2 Å². The Kier molecular flexibility index (Phi) is 6.35. The number of halogens is 2. The second kappa shape index (κ2) is 8.45. The van der Waals surface area contributed by atoms with Crippen molar-refractivity contribution in [1.82, 2.24) is 9.97 Å². The van der Waals surface area contributed by atoms with Crippen LogP contribution in [0.4, 0.5) is 5.82 Å². The van der Waals surface area contributed by atoms with Crippen LogP contribution in [0.5, 0.6) is 0 Å². The van der Waals surface area contributed by atoms with Gasteiger partial charge in [0.2, 0.25) is 0 Å². The molecule has 1 aliphatic heterocycles. The summed E-state index contributed by atoms with van der Waals surface area (Å²) < 4.78 is 0. The van der Waals surface area contributed by atoms with Crippen molar-refractivity contribution in [3.8, 4) is 17.3 Å². The molecule has 2 heterocycles. The van der Waals surface area contributed by atoms with E-state index in [-0.39, 0.29) is 23.1 Å². The van der Waals surface area contributed by atoms with Crippen molar-refractivity contribution >= 4 is 29.0 Å². The number of nitriles is 1. The van der Waals surface area contributed by atoms with Crippen LogP contribution in [0.25, 0.3) is 11.3 Å². The Bertz CT molecular complexity index is 963. The maximum Gasteiger partial charge on any atom is 0.153 e. The van der Waals surface area contributed by atoms with Gasteiger partial charge in [0.1, 0.15) is 5.69 Å². The second-order valence-corrected chi connectivity index (χ2v) is 8.73. The van der Waals surface area contributed by atoms with E-state index in [0.717, 1.165) is 25.9 Å². The van der Waals surface area contributed by atoms with Gasteiger partial charge in [0.25, 0.3) is 0 Å². The van der Waals surface area contributed by atoms with Crippen LogP contribution in [0.1, 0.15) is 43.6 Å².